The molecule has 0 aliphatic carbocycles. The van der Waals surface area contributed by atoms with Gasteiger partial charge in [-0.1, -0.05) is 30.3 Å². The van der Waals surface area contributed by atoms with Crippen LogP contribution in [0.5, 0.6) is 6.01 Å². The molecule has 206 valence electrons. The summed E-state index contributed by atoms with van der Waals surface area (Å²) in [7, 11) is 0. The molecule has 0 unspecified atom stereocenters. The minimum atomic E-state index is -0.633. The first-order valence-electron chi connectivity index (χ1n) is 14.2. The number of fused-ring (bicyclic) bond motifs is 3. The number of hydrogen-bond acceptors (Lipinski definition) is 7. The Bertz CT molecular complexity index is 1590. The topological polar surface area (TPSA) is 71.5 Å². The molecule has 0 spiro atoms. The zero-order valence-electron chi connectivity index (χ0n) is 22.3. The minimum absolute atomic E-state index is 0.0107. The molecule has 5 heterocycles. The zero-order chi connectivity index (χ0) is 27.3. The van der Waals surface area contributed by atoms with Crippen molar-refractivity contribution in [1.82, 2.24) is 19.9 Å². The van der Waals surface area contributed by atoms with Crippen molar-refractivity contribution in [2.24, 2.45) is 5.92 Å². The lowest BCUT2D eigenvalue weighted by atomic mass is 9.95. The number of piperidine rings is 1. The fraction of sp³-hybridized carbons (Fsp3) is 0.419. The van der Waals surface area contributed by atoms with E-state index in [1.807, 2.05) is 0 Å². The smallest absolute Gasteiger partial charge is 0.319 e. The van der Waals surface area contributed by atoms with Crippen LogP contribution in [-0.4, -0.2) is 64.5 Å². The summed E-state index contributed by atoms with van der Waals surface area (Å²) in [6.07, 6.45) is 8.42. The Morgan fingerprint density at radius 2 is 1.75 bits per heavy atom. The number of nitrogens with zero attached hydrogens (tertiary/aromatic N) is 5. The number of halogens is 2. The van der Waals surface area contributed by atoms with E-state index in [0.717, 1.165) is 45.1 Å². The van der Waals surface area contributed by atoms with Crippen LogP contribution in [0.1, 0.15) is 38.5 Å². The molecule has 0 saturated carbocycles. The first-order chi connectivity index (χ1) is 19.6. The van der Waals surface area contributed by atoms with Crippen molar-refractivity contribution < 1.29 is 18.3 Å². The summed E-state index contributed by atoms with van der Waals surface area (Å²) in [5.41, 5.74) is 0.497. The van der Waals surface area contributed by atoms with Crippen LogP contribution in [0.4, 0.5) is 14.6 Å². The van der Waals surface area contributed by atoms with E-state index in [2.05, 4.69) is 19.8 Å². The highest BCUT2D eigenvalue weighted by molar-refractivity contribution is 5.99. The molecule has 3 saturated heterocycles. The van der Waals surface area contributed by atoms with Crippen LogP contribution < -0.4 is 9.64 Å². The standard InChI is InChI=1S/C31H31F2N5O2/c32-24-8-2-6-21-5-1-7-22(25(21)24)27-26(33)28-23(17-34-27)29(37-15-9-20(18-39)10-16-37)36-30(35-28)40-19-31-11-3-13-38(31)14-4-12-31/h1-2,5-8,17-18,20H,3-4,9-16,19H2. The summed E-state index contributed by atoms with van der Waals surface area (Å²) in [5.74, 6) is -0.501. The van der Waals surface area contributed by atoms with Gasteiger partial charge in [0.1, 0.15) is 35.7 Å². The van der Waals surface area contributed by atoms with Gasteiger partial charge in [-0.25, -0.2) is 8.78 Å². The van der Waals surface area contributed by atoms with Gasteiger partial charge in [-0.05, 0) is 63.1 Å². The first-order valence-corrected chi connectivity index (χ1v) is 14.2. The van der Waals surface area contributed by atoms with Crippen molar-refractivity contribution in [1.29, 1.82) is 0 Å². The van der Waals surface area contributed by atoms with Crippen LogP contribution >= 0.6 is 0 Å². The number of hydrogen-bond donors (Lipinski definition) is 0. The van der Waals surface area contributed by atoms with Crippen LogP contribution in [0.25, 0.3) is 32.9 Å². The SMILES string of the molecule is O=CC1CCN(c2nc(OCC34CCCN3CCC4)nc3c(F)c(-c4cccc5cccc(F)c45)ncc23)CC1. The lowest BCUT2D eigenvalue weighted by Gasteiger charge is -2.32. The summed E-state index contributed by atoms with van der Waals surface area (Å²) in [5, 5.41) is 1.46. The fourth-order valence-electron chi connectivity index (χ4n) is 6.91. The van der Waals surface area contributed by atoms with E-state index < -0.39 is 11.6 Å². The number of benzene rings is 2. The van der Waals surface area contributed by atoms with Gasteiger partial charge in [0.25, 0.3) is 0 Å². The Hall–Kier alpha value is -3.72. The third kappa shape index (κ3) is 4.18. The van der Waals surface area contributed by atoms with Gasteiger partial charge < -0.3 is 14.4 Å². The van der Waals surface area contributed by atoms with E-state index in [9.17, 15) is 9.18 Å². The zero-order valence-corrected chi connectivity index (χ0v) is 22.3. The monoisotopic (exact) mass is 543 g/mol. The minimum Gasteiger partial charge on any atom is -0.461 e. The van der Waals surface area contributed by atoms with E-state index in [4.69, 9.17) is 9.72 Å². The van der Waals surface area contributed by atoms with E-state index >= 15 is 4.39 Å². The molecular formula is C31H31F2N5O2. The molecular weight excluding hydrogens is 512 g/mol. The molecule has 0 amide bonds. The Kier molecular flexibility index (Phi) is 6.34. The number of anilines is 1. The third-order valence-corrected chi connectivity index (χ3v) is 9.07. The third-order valence-electron chi connectivity index (χ3n) is 9.07. The van der Waals surface area contributed by atoms with E-state index in [1.54, 1.807) is 36.5 Å². The van der Waals surface area contributed by atoms with E-state index in [-0.39, 0.29) is 28.7 Å². The van der Waals surface area contributed by atoms with Crippen LogP contribution in [0.15, 0.2) is 42.6 Å². The highest BCUT2D eigenvalue weighted by atomic mass is 19.1. The van der Waals surface area contributed by atoms with Gasteiger partial charge in [0.2, 0.25) is 0 Å². The second-order valence-electron chi connectivity index (χ2n) is 11.3. The van der Waals surface area contributed by atoms with Crippen LogP contribution in [0.2, 0.25) is 0 Å². The predicted octanol–water partition coefficient (Wildman–Crippen LogP) is 5.55. The molecule has 2 aromatic carbocycles. The van der Waals surface area contributed by atoms with Gasteiger partial charge in [-0.3, -0.25) is 9.88 Å². The average molecular weight is 544 g/mol. The van der Waals surface area contributed by atoms with E-state index in [0.29, 0.717) is 60.1 Å². The maximum Gasteiger partial charge on any atom is 0.319 e. The molecule has 0 radical (unpaired) electrons. The predicted molar refractivity (Wildman–Crippen MR) is 149 cm³/mol. The average Bonchev–Trinajstić information content (AvgIpc) is 3.57. The molecule has 0 N–H and O–H groups in total. The second-order valence-corrected chi connectivity index (χ2v) is 11.3. The molecule has 0 atom stereocenters. The van der Waals surface area contributed by atoms with Gasteiger partial charge in [-0.2, -0.15) is 9.97 Å². The Balaban J connectivity index is 1.33. The first kappa shape index (κ1) is 25.3. The fourth-order valence-corrected chi connectivity index (χ4v) is 6.91. The van der Waals surface area contributed by atoms with Gasteiger partial charge in [0.15, 0.2) is 5.82 Å². The van der Waals surface area contributed by atoms with Gasteiger partial charge in [0.05, 0.1) is 10.9 Å². The van der Waals surface area contributed by atoms with Gasteiger partial charge >= 0.3 is 6.01 Å². The number of pyridine rings is 1. The lowest BCUT2D eigenvalue weighted by Crippen LogP contribution is -2.43. The molecule has 2 aromatic heterocycles. The number of carbonyl (C=O) groups excluding carboxylic acids is 1. The Morgan fingerprint density at radius 3 is 2.50 bits per heavy atom. The van der Waals surface area contributed by atoms with Crippen LogP contribution in [0, 0.1) is 17.6 Å². The summed E-state index contributed by atoms with van der Waals surface area (Å²) < 4.78 is 37.6. The Labute approximate surface area is 231 Å². The highest BCUT2D eigenvalue weighted by Crippen LogP contribution is 2.40. The van der Waals surface area contributed by atoms with Gasteiger partial charge in [-0.15, -0.1) is 0 Å². The molecule has 7 rings (SSSR count). The molecule has 3 aliphatic rings. The van der Waals surface area contributed by atoms with Crippen LogP contribution in [0.3, 0.4) is 0 Å². The number of ether oxygens (including phenoxy) is 1. The molecule has 9 heteroatoms. The highest BCUT2D eigenvalue weighted by Gasteiger charge is 2.45. The largest absolute Gasteiger partial charge is 0.461 e. The number of aldehydes is 1. The normalized spacial score (nSPS) is 19.4. The summed E-state index contributed by atoms with van der Waals surface area (Å²) in [6.45, 7) is 3.84. The van der Waals surface area contributed by atoms with Crippen molar-refractivity contribution in [3.05, 3.63) is 54.2 Å². The molecule has 3 fully saturated rings. The van der Waals surface area contributed by atoms with E-state index in [1.165, 1.54) is 6.07 Å². The molecule has 4 aromatic rings. The number of rotatable bonds is 6. The maximum atomic E-state index is 16.4. The molecule has 40 heavy (non-hydrogen) atoms. The molecule has 3 aliphatic heterocycles. The number of aromatic nitrogens is 3. The Morgan fingerprint density at radius 1 is 1.00 bits per heavy atom. The van der Waals surface area contributed by atoms with Crippen LogP contribution in [-0.2, 0) is 4.79 Å². The summed E-state index contributed by atoms with van der Waals surface area (Å²) in [6, 6.07) is 10.2. The molecule has 7 nitrogen and oxygen atoms in total. The van der Waals surface area contributed by atoms with Crippen molar-refractivity contribution in [2.45, 2.75) is 44.1 Å². The maximum absolute atomic E-state index is 16.4. The van der Waals surface area contributed by atoms with Crippen molar-refractivity contribution in [3.8, 4) is 17.3 Å². The summed E-state index contributed by atoms with van der Waals surface area (Å²) >= 11 is 0. The quantitative estimate of drug-likeness (QED) is 0.296. The van der Waals surface area contributed by atoms with Gasteiger partial charge in [0, 0.05) is 36.2 Å². The second kappa shape index (κ2) is 10.0. The summed E-state index contributed by atoms with van der Waals surface area (Å²) in [4.78, 5) is 29.7. The van der Waals surface area contributed by atoms with Crippen molar-refractivity contribution in [3.63, 3.8) is 0 Å². The molecule has 0 bridgehead atoms. The van der Waals surface area contributed by atoms with Crippen molar-refractivity contribution in [2.75, 3.05) is 37.7 Å². The lowest BCUT2D eigenvalue weighted by molar-refractivity contribution is -0.111. The van der Waals surface area contributed by atoms with Crippen molar-refractivity contribution >= 4 is 33.8 Å². The number of carbonyl (C=O) groups is 1.